The van der Waals surface area contributed by atoms with E-state index in [2.05, 4.69) is 10.6 Å². The minimum Gasteiger partial charge on any atom is -0.478 e. The fourth-order valence-electron chi connectivity index (χ4n) is 1.44. The van der Waals surface area contributed by atoms with Crippen molar-refractivity contribution in [1.82, 2.24) is 5.32 Å². The lowest BCUT2D eigenvalue weighted by molar-refractivity contribution is -0.116. The van der Waals surface area contributed by atoms with Crippen LogP contribution in [0.4, 0.5) is 5.69 Å². The van der Waals surface area contributed by atoms with Crippen LogP contribution in [0.1, 0.15) is 22.3 Å². The van der Waals surface area contributed by atoms with Gasteiger partial charge in [-0.3, -0.25) is 4.79 Å². The van der Waals surface area contributed by atoms with Gasteiger partial charge in [0.1, 0.15) is 0 Å². The predicted octanol–water partition coefficient (Wildman–Crippen LogP) is 1.24. The van der Waals surface area contributed by atoms with Crippen molar-refractivity contribution in [2.24, 2.45) is 0 Å². The summed E-state index contributed by atoms with van der Waals surface area (Å²) >= 11 is 0. The third-order valence-electron chi connectivity index (χ3n) is 2.34. The van der Waals surface area contributed by atoms with Gasteiger partial charge in [-0.25, -0.2) is 4.79 Å². The van der Waals surface area contributed by atoms with E-state index in [4.69, 9.17) is 5.11 Å². The van der Waals surface area contributed by atoms with E-state index in [0.29, 0.717) is 24.2 Å². The largest absolute Gasteiger partial charge is 0.478 e. The van der Waals surface area contributed by atoms with Gasteiger partial charge in [0.25, 0.3) is 0 Å². The van der Waals surface area contributed by atoms with Gasteiger partial charge in [0.05, 0.1) is 5.56 Å². The van der Waals surface area contributed by atoms with Crippen LogP contribution >= 0.6 is 0 Å². The highest BCUT2D eigenvalue weighted by atomic mass is 16.4. The normalized spacial score (nSPS) is 10.0. The Morgan fingerprint density at radius 3 is 2.59 bits per heavy atom. The zero-order valence-electron chi connectivity index (χ0n) is 9.91. The molecule has 0 saturated heterocycles. The number of anilines is 1. The topological polar surface area (TPSA) is 78.4 Å². The molecule has 0 saturated carbocycles. The number of carboxylic acids is 1. The van der Waals surface area contributed by atoms with Gasteiger partial charge in [-0.2, -0.15) is 0 Å². The number of carboxylic acid groups (broad SMARTS) is 1. The maximum atomic E-state index is 11.4. The Balaban J connectivity index is 2.70. The summed E-state index contributed by atoms with van der Waals surface area (Å²) in [6, 6.07) is 4.74. The van der Waals surface area contributed by atoms with E-state index in [9.17, 15) is 9.59 Å². The summed E-state index contributed by atoms with van der Waals surface area (Å²) in [6.07, 6.45) is 0.385. The quantitative estimate of drug-likeness (QED) is 0.718. The molecule has 0 heterocycles. The average molecular weight is 236 g/mol. The fourth-order valence-corrected chi connectivity index (χ4v) is 1.44. The summed E-state index contributed by atoms with van der Waals surface area (Å²) in [7, 11) is 1.78. The van der Waals surface area contributed by atoms with Gasteiger partial charge in [-0.05, 0) is 37.7 Å². The zero-order valence-corrected chi connectivity index (χ0v) is 9.91. The Bertz CT molecular complexity index is 430. The van der Waals surface area contributed by atoms with E-state index in [0.717, 1.165) is 0 Å². The lowest BCUT2D eigenvalue weighted by Crippen LogP contribution is -2.18. The number of aryl methyl sites for hydroxylation is 1. The van der Waals surface area contributed by atoms with Crippen molar-refractivity contribution < 1.29 is 14.7 Å². The first-order valence-corrected chi connectivity index (χ1v) is 5.33. The van der Waals surface area contributed by atoms with E-state index in [-0.39, 0.29) is 11.5 Å². The van der Waals surface area contributed by atoms with Crippen LogP contribution in [-0.2, 0) is 4.79 Å². The lowest BCUT2D eigenvalue weighted by Gasteiger charge is -2.07. The molecule has 0 bridgehead atoms. The summed E-state index contributed by atoms with van der Waals surface area (Å²) in [4.78, 5) is 22.2. The Morgan fingerprint density at radius 2 is 2.06 bits per heavy atom. The van der Waals surface area contributed by atoms with Gasteiger partial charge in [-0.15, -0.1) is 0 Å². The molecule has 0 aliphatic carbocycles. The second-order valence-electron chi connectivity index (χ2n) is 3.74. The monoisotopic (exact) mass is 236 g/mol. The van der Waals surface area contributed by atoms with Crippen LogP contribution in [-0.4, -0.2) is 30.6 Å². The molecule has 5 heteroatoms. The first-order chi connectivity index (χ1) is 8.04. The Labute approximate surface area is 99.8 Å². The van der Waals surface area contributed by atoms with E-state index >= 15 is 0 Å². The molecule has 0 atom stereocenters. The standard InChI is InChI=1S/C12H16N2O3/c1-8-7-9(3-4-10(8)12(16)17)14-11(15)5-6-13-2/h3-4,7,13H,5-6H2,1-2H3,(H,14,15)(H,16,17). The van der Waals surface area contributed by atoms with Crippen LogP contribution in [0.5, 0.6) is 0 Å². The minimum atomic E-state index is -0.962. The van der Waals surface area contributed by atoms with Crippen molar-refractivity contribution in [2.75, 3.05) is 18.9 Å². The van der Waals surface area contributed by atoms with Crippen molar-refractivity contribution in [1.29, 1.82) is 0 Å². The van der Waals surface area contributed by atoms with Crippen molar-refractivity contribution in [3.8, 4) is 0 Å². The minimum absolute atomic E-state index is 0.0955. The van der Waals surface area contributed by atoms with E-state index in [1.165, 1.54) is 6.07 Å². The molecule has 0 fully saturated rings. The number of nitrogens with one attached hydrogen (secondary N) is 2. The molecule has 0 aliphatic heterocycles. The summed E-state index contributed by atoms with van der Waals surface area (Å²) < 4.78 is 0. The highest BCUT2D eigenvalue weighted by Crippen LogP contribution is 2.15. The van der Waals surface area contributed by atoms with E-state index in [1.807, 2.05) is 0 Å². The second kappa shape index (κ2) is 6.00. The van der Waals surface area contributed by atoms with E-state index < -0.39 is 5.97 Å². The fraction of sp³-hybridized carbons (Fsp3) is 0.333. The first-order valence-electron chi connectivity index (χ1n) is 5.33. The predicted molar refractivity (Wildman–Crippen MR) is 65.3 cm³/mol. The lowest BCUT2D eigenvalue weighted by atomic mass is 10.1. The van der Waals surface area contributed by atoms with Crippen LogP contribution in [0.15, 0.2) is 18.2 Å². The molecule has 17 heavy (non-hydrogen) atoms. The molecule has 0 unspecified atom stereocenters. The van der Waals surface area contributed by atoms with Gasteiger partial charge in [0, 0.05) is 18.7 Å². The Hall–Kier alpha value is -1.88. The van der Waals surface area contributed by atoms with Crippen LogP contribution in [0.2, 0.25) is 0 Å². The number of hydrogen-bond donors (Lipinski definition) is 3. The third kappa shape index (κ3) is 3.88. The molecule has 0 spiro atoms. The third-order valence-corrected chi connectivity index (χ3v) is 2.34. The molecule has 1 aromatic rings. The average Bonchev–Trinajstić information content (AvgIpc) is 2.26. The summed E-state index contributed by atoms with van der Waals surface area (Å²) in [5.74, 6) is -1.06. The van der Waals surface area contributed by atoms with Crippen LogP contribution in [0.3, 0.4) is 0 Å². The number of aromatic carboxylic acids is 1. The molecular formula is C12H16N2O3. The van der Waals surface area contributed by atoms with Gasteiger partial charge in [0.2, 0.25) is 5.91 Å². The molecule has 0 radical (unpaired) electrons. The Morgan fingerprint density at radius 1 is 1.35 bits per heavy atom. The molecule has 1 rings (SSSR count). The Kier molecular flexibility index (Phi) is 4.66. The molecule has 0 aromatic heterocycles. The number of carbonyl (C=O) groups excluding carboxylic acids is 1. The maximum absolute atomic E-state index is 11.4. The van der Waals surface area contributed by atoms with Gasteiger partial charge >= 0.3 is 5.97 Å². The first kappa shape index (κ1) is 13.2. The maximum Gasteiger partial charge on any atom is 0.335 e. The highest BCUT2D eigenvalue weighted by molar-refractivity contribution is 5.93. The van der Waals surface area contributed by atoms with Crippen LogP contribution in [0.25, 0.3) is 0 Å². The number of hydrogen-bond acceptors (Lipinski definition) is 3. The highest BCUT2D eigenvalue weighted by Gasteiger charge is 2.08. The summed E-state index contributed by atoms with van der Waals surface area (Å²) in [5.41, 5.74) is 1.50. The van der Waals surface area contributed by atoms with Gasteiger partial charge < -0.3 is 15.7 Å². The number of carbonyl (C=O) groups is 2. The van der Waals surface area contributed by atoms with Gasteiger partial charge in [0.15, 0.2) is 0 Å². The molecule has 1 amide bonds. The molecule has 0 aliphatic rings. The van der Waals surface area contributed by atoms with Crippen molar-refractivity contribution >= 4 is 17.6 Å². The number of benzene rings is 1. The summed E-state index contributed by atoms with van der Waals surface area (Å²) in [5, 5.41) is 14.5. The zero-order chi connectivity index (χ0) is 12.8. The molecule has 92 valence electrons. The van der Waals surface area contributed by atoms with Crippen molar-refractivity contribution in [3.63, 3.8) is 0 Å². The SMILES string of the molecule is CNCCC(=O)Nc1ccc(C(=O)O)c(C)c1. The van der Waals surface area contributed by atoms with Crippen LogP contribution in [0, 0.1) is 6.92 Å². The second-order valence-corrected chi connectivity index (χ2v) is 3.74. The van der Waals surface area contributed by atoms with E-state index in [1.54, 1.807) is 26.1 Å². The van der Waals surface area contributed by atoms with Crippen molar-refractivity contribution in [2.45, 2.75) is 13.3 Å². The van der Waals surface area contributed by atoms with Crippen LogP contribution < -0.4 is 10.6 Å². The number of amides is 1. The molecule has 5 nitrogen and oxygen atoms in total. The van der Waals surface area contributed by atoms with Gasteiger partial charge in [-0.1, -0.05) is 0 Å². The van der Waals surface area contributed by atoms with Crippen molar-refractivity contribution in [3.05, 3.63) is 29.3 Å². The summed E-state index contributed by atoms with van der Waals surface area (Å²) in [6.45, 7) is 2.31. The molecule has 1 aromatic carbocycles. The molecular weight excluding hydrogens is 220 g/mol. The molecule has 3 N–H and O–H groups in total. The number of rotatable bonds is 5. The smallest absolute Gasteiger partial charge is 0.335 e.